The van der Waals surface area contributed by atoms with Crippen molar-refractivity contribution in [2.75, 3.05) is 13.1 Å². The number of hydrogen-bond donors (Lipinski definition) is 0. The minimum Gasteiger partial charge on any atom is -0.488 e. The molecule has 0 spiro atoms. The van der Waals surface area contributed by atoms with E-state index in [4.69, 9.17) is 4.74 Å². The van der Waals surface area contributed by atoms with Crippen LogP contribution in [0.1, 0.15) is 21.5 Å². The van der Waals surface area contributed by atoms with Crippen LogP contribution in [0.2, 0.25) is 0 Å². The fourth-order valence-corrected chi connectivity index (χ4v) is 3.25. The van der Waals surface area contributed by atoms with Crippen LogP contribution < -0.4 is 4.74 Å². The maximum Gasteiger partial charge on any atom is 0.254 e. The zero-order chi connectivity index (χ0) is 14.2. The molecular weight excluding hydrogens is 262 g/mol. The summed E-state index contributed by atoms with van der Waals surface area (Å²) in [6, 6.07) is 16.0. The number of nitrogens with zero attached hydrogens (tertiary/aromatic N) is 1. The Hall–Kier alpha value is -2.29. The van der Waals surface area contributed by atoms with E-state index in [2.05, 4.69) is 6.07 Å². The van der Waals surface area contributed by atoms with Crippen molar-refractivity contribution in [2.45, 2.75) is 18.9 Å². The average molecular weight is 279 g/mol. The highest BCUT2D eigenvalue weighted by atomic mass is 16.5. The minimum absolute atomic E-state index is 0.0802. The van der Waals surface area contributed by atoms with Gasteiger partial charge in [0, 0.05) is 18.5 Å². The van der Waals surface area contributed by atoms with Crippen LogP contribution in [0.25, 0.3) is 0 Å². The van der Waals surface area contributed by atoms with Crippen LogP contribution in [0, 0.1) is 0 Å². The molecule has 106 valence electrons. The maximum atomic E-state index is 12.5. The van der Waals surface area contributed by atoms with Gasteiger partial charge in [-0.2, -0.15) is 0 Å². The van der Waals surface area contributed by atoms with Gasteiger partial charge in [-0.1, -0.05) is 36.4 Å². The Morgan fingerprint density at radius 1 is 1.05 bits per heavy atom. The van der Waals surface area contributed by atoms with Crippen LogP contribution in [0.5, 0.6) is 5.75 Å². The van der Waals surface area contributed by atoms with Crippen LogP contribution >= 0.6 is 0 Å². The smallest absolute Gasteiger partial charge is 0.254 e. The largest absolute Gasteiger partial charge is 0.488 e. The second-order valence-corrected chi connectivity index (χ2v) is 5.71. The van der Waals surface area contributed by atoms with Crippen molar-refractivity contribution in [1.82, 2.24) is 4.90 Å². The van der Waals surface area contributed by atoms with Crippen molar-refractivity contribution < 1.29 is 9.53 Å². The summed E-state index contributed by atoms with van der Waals surface area (Å²) in [5.74, 6) is 1.10. The molecule has 0 bridgehead atoms. The third-order valence-corrected chi connectivity index (χ3v) is 4.32. The van der Waals surface area contributed by atoms with Gasteiger partial charge in [-0.15, -0.1) is 0 Å². The van der Waals surface area contributed by atoms with Crippen LogP contribution in [-0.2, 0) is 12.8 Å². The van der Waals surface area contributed by atoms with Crippen LogP contribution in [-0.4, -0.2) is 30.0 Å². The summed E-state index contributed by atoms with van der Waals surface area (Å²) in [4.78, 5) is 14.5. The number of benzene rings is 2. The van der Waals surface area contributed by atoms with Gasteiger partial charge < -0.3 is 9.64 Å². The molecule has 0 saturated carbocycles. The molecule has 2 heterocycles. The van der Waals surface area contributed by atoms with Gasteiger partial charge in [-0.25, -0.2) is 0 Å². The summed E-state index contributed by atoms with van der Waals surface area (Å²) < 4.78 is 5.95. The molecule has 0 saturated heterocycles. The number of carbonyl (C=O) groups is 1. The highest BCUT2D eigenvalue weighted by Gasteiger charge is 2.29. The van der Waals surface area contributed by atoms with Crippen LogP contribution in [0.3, 0.4) is 0 Å². The van der Waals surface area contributed by atoms with E-state index in [1.54, 1.807) is 0 Å². The number of para-hydroxylation sites is 1. The van der Waals surface area contributed by atoms with Crippen LogP contribution in [0.4, 0.5) is 0 Å². The summed E-state index contributed by atoms with van der Waals surface area (Å²) in [5.41, 5.74) is 3.25. The van der Waals surface area contributed by atoms with E-state index in [1.165, 1.54) is 5.56 Å². The molecule has 1 atom stereocenters. The molecule has 3 nitrogen and oxygen atoms in total. The van der Waals surface area contributed by atoms with E-state index in [0.29, 0.717) is 6.54 Å². The Kier molecular flexibility index (Phi) is 2.92. The Balaban J connectivity index is 1.49. The van der Waals surface area contributed by atoms with Gasteiger partial charge in [0.15, 0.2) is 0 Å². The van der Waals surface area contributed by atoms with E-state index < -0.39 is 0 Å². The Morgan fingerprint density at radius 2 is 1.81 bits per heavy atom. The number of hydrogen-bond acceptors (Lipinski definition) is 2. The van der Waals surface area contributed by atoms with Crippen molar-refractivity contribution in [3.05, 3.63) is 65.2 Å². The quantitative estimate of drug-likeness (QED) is 0.846. The molecule has 4 rings (SSSR count). The van der Waals surface area contributed by atoms with Crippen molar-refractivity contribution in [3.63, 3.8) is 0 Å². The molecule has 0 N–H and O–H groups in total. The minimum atomic E-state index is 0.0802. The normalized spacial score (nSPS) is 19.9. The van der Waals surface area contributed by atoms with Gasteiger partial charge in [0.25, 0.3) is 5.91 Å². The Labute approximate surface area is 124 Å². The first-order valence-corrected chi connectivity index (χ1v) is 7.43. The molecule has 0 aliphatic carbocycles. The number of fused-ring (bicyclic) bond motifs is 2. The van der Waals surface area contributed by atoms with Gasteiger partial charge in [0.05, 0.1) is 6.54 Å². The van der Waals surface area contributed by atoms with Crippen molar-refractivity contribution in [1.29, 1.82) is 0 Å². The second-order valence-electron chi connectivity index (χ2n) is 5.71. The first-order valence-electron chi connectivity index (χ1n) is 7.43. The monoisotopic (exact) mass is 279 g/mol. The van der Waals surface area contributed by atoms with Crippen molar-refractivity contribution in [2.24, 2.45) is 0 Å². The zero-order valence-corrected chi connectivity index (χ0v) is 11.8. The van der Waals surface area contributed by atoms with Gasteiger partial charge in [-0.05, 0) is 29.7 Å². The number of carbonyl (C=O) groups excluding carboxylic acids is 1. The lowest BCUT2D eigenvalue weighted by molar-refractivity contribution is 0.0661. The molecule has 2 aromatic carbocycles. The van der Waals surface area contributed by atoms with Crippen LogP contribution in [0.15, 0.2) is 48.5 Å². The molecule has 1 unspecified atom stereocenters. The fourth-order valence-electron chi connectivity index (χ4n) is 3.25. The van der Waals surface area contributed by atoms with E-state index in [9.17, 15) is 4.79 Å². The lowest BCUT2D eigenvalue weighted by Gasteiger charge is -2.30. The average Bonchev–Trinajstić information content (AvgIpc) is 2.93. The lowest BCUT2D eigenvalue weighted by atomic mass is 9.98. The fraction of sp³-hybridized carbons (Fsp3) is 0.278. The summed E-state index contributed by atoms with van der Waals surface area (Å²) in [7, 11) is 0. The molecule has 21 heavy (non-hydrogen) atoms. The first kappa shape index (κ1) is 12.5. The highest BCUT2D eigenvalue weighted by Crippen LogP contribution is 2.29. The SMILES string of the molecule is O=C1c2ccccc2CCN1CC1Cc2ccccc2O1. The summed E-state index contributed by atoms with van der Waals surface area (Å²) in [6.45, 7) is 1.45. The maximum absolute atomic E-state index is 12.5. The zero-order valence-electron chi connectivity index (χ0n) is 11.8. The predicted molar refractivity (Wildman–Crippen MR) is 80.6 cm³/mol. The molecule has 0 aromatic heterocycles. The first-order chi connectivity index (χ1) is 10.3. The highest BCUT2D eigenvalue weighted by molar-refractivity contribution is 5.96. The number of ether oxygens (including phenoxy) is 1. The molecule has 3 heteroatoms. The van der Waals surface area contributed by atoms with Gasteiger partial charge in [-0.3, -0.25) is 4.79 Å². The molecular formula is C18H17NO2. The van der Waals surface area contributed by atoms with E-state index in [-0.39, 0.29) is 12.0 Å². The number of amides is 1. The molecule has 0 fully saturated rings. The second kappa shape index (κ2) is 4.92. The standard InChI is InChI=1S/C18H17NO2/c20-18-16-7-3-1-5-13(16)9-10-19(18)12-15-11-14-6-2-4-8-17(14)21-15/h1-8,15H,9-12H2. The van der Waals surface area contributed by atoms with Gasteiger partial charge in [0.1, 0.15) is 11.9 Å². The molecule has 2 aliphatic heterocycles. The topological polar surface area (TPSA) is 29.5 Å². The van der Waals surface area contributed by atoms with Gasteiger partial charge in [0.2, 0.25) is 0 Å². The van der Waals surface area contributed by atoms with E-state index in [0.717, 1.165) is 36.3 Å². The summed E-state index contributed by atoms with van der Waals surface area (Å²) >= 11 is 0. The number of rotatable bonds is 2. The summed E-state index contributed by atoms with van der Waals surface area (Å²) in [5, 5.41) is 0. The third-order valence-electron chi connectivity index (χ3n) is 4.32. The molecule has 0 radical (unpaired) electrons. The molecule has 1 amide bonds. The third kappa shape index (κ3) is 2.19. The van der Waals surface area contributed by atoms with Gasteiger partial charge >= 0.3 is 0 Å². The van der Waals surface area contributed by atoms with E-state index in [1.807, 2.05) is 47.4 Å². The van der Waals surface area contributed by atoms with E-state index >= 15 is 0 Å². The van der Waals surface area contributed by atoms with Crippen molar-refractivity contribution in [3.8, 4) is 5.75 Å². The molecule has 2 aromatic rings. The predicted octanol–water partition coefficient (Wildman–Crippen LogP) is 2.69. The molecule has 2 aliphatic rings. The lowest BCUT2D eigenvalue weighted by Crippen LogP contribution is -2.43. The Morgan fingerprint density at radius 3 is 2.67 bits per heavy atom. The Bertz CT molecular complexity index is 670. The summed E-state index contributed by atoms with van der Waals surface area (Å²) in [6.07, 6.45) is 1.90. The van der Waals surface area contributed by atoms with Crippen molar-refractivity contribution >= 4 is 5.91 Å².